The van der Waals surface area contributed by atoms with Gasteiger partial charge in [-0.1, -0.05) is 29.4 Å². The molecule has 3 heterocycles. The van der Waals surface area contributed by atoms with Gasteiger partial charge in [-0.25, -0.2) is 0 Å². The second-order valence-electron chi connectivity index (χ2n) is 6.09. The van der Waals surface area contributed by atoms with Crippen LogP contribution in [0.3, 0.4) is 0 Å². The van der Waals surface area contributed by atoms with Crippen molar-refractivity contribution in [3.8, 4) is 17.3 Å². The van der Waals surface area contributed by atoms with Gasteiger partial charge in [0.25, 0.3) is 0 Å². The van der Waals surface area contributed by atoms with E-state index in [0.717, 1.165) is 11.3 Å². The molecule has 1 aliphatic heterocycles. The zero-order valence-electron chi connectivity index (χ0n) is 14.1. The third kappa shape index (κ3) is 3.56. The van der Waals surface area contributed by atoms with Crippen LogP contribution in [-0.2, 0) is 17.6 Å². The van der Waals surface area contributed by atoms with E-state index in [0.29, 0.717) is 43.4 Å². The first-order valence-electron chi connectivity index (χ1n) is 8.52. The van der Waals surface area contributed by atoms with Gasteiger partial charge in [-0.15, -0.1) is 0 Å². The second-order valence-corrected chi connectivity index (χ2v) is 6.09. The largest absolute Gasteiger partial charge is 0.492 e. The molecule has 0 saturated heterocycles. The molecule has 1 aliphatic rings. The van der Waals surface area contributed by atoms with Crippen molar-refractivity contribution in [1.29, 1.82) is 0 Å². The van der Waals surface area contributed by atoms with E-state index >= 15 is 0 Å². The summed E-state index contributed by atoms with van der Waals surface area (Å²) in [4.78, 5) is 20.8. The minimum absolute atomic E-state index is 0.0241. The van der Waals surface area contributed by atoms with Crippen molar-refractivity contribution < 1.29 is 14.1 Å². The van der Waals surface area contributed by atoms with Crippen molar-refractivity contribution in [1.82, 2.24) is 20.4 Å². The van der Waals surface area contributed by atoms with E-state index in [-0.39, 0.29) is 11.8 Å². The molecule has 1 aromatic carbocycles. The SMILES string of the molecule is O=C(NCCc1nc(-c2ccccn2)no1)[C@H]1COc2ccccc2C1. The maximum Gasteiger partial charge on any atom is 0.228 e. The van der Waals surface area contributed by atoms with Gasteiger partial charge in [0.1, 0.15) is 18.1 Å². The van der Waals surface area contributed by atoms with Crippen LogP contribution in [0.5, 0.6) is 5.75 Å². The highest BCUT2D eigenvalue weighted by atomic mass is 16.5. The fourth-order valence-corrected chi connectivity index (χ4v) is 2.89. The van der Waals surface area contributed by atoms with Crippen molar-refractivity contribution in [3.05, 3.63) is 60.1 Å². The first kappa shape index (κ1) is 16.3. The third-order valence-corrected chi connectivity index (χ3v) is 4.25. The van der Waals surface area contributed by atoms with Crippen LogP contribution in [0.25, 0.3) is 11.5 Å². The fraction of sp³-hybridized carbons (Fsp3) is 0.263. The molecule has 1 N–H and O–H groups in total. The number of carbonyl (C=O) groups is 1. The topological polar surface area (TPSA) is 90.1 Å². The van der Waals surface area contributed by atoms with E-state index in [1.54, 1.807) is 6.20 Å². The third-order valence-electron chi connectivity index (χ3n) is 4.25. The Morgan fingerprint density at radius 1 is 1.19 bits per heavy atom. The minimum atomic E-state index is -0.184. The molecule has 1 atom stereocenters. The Kier molecular flexibility index (Phi) is 4.59. The molecule has 0 spiro atoms. The smallest absolute Gasteiger partial charge is 0.228 e. The molecule has 1 amide bonds. The Morgan fingerprint density at radius 3 is 2.96 bits per heavy atom. The molecule has 3 aromatic rings. The van der Waals surface area contributed by atoms with E-state index in [1.165, 1.54) is 0 Å². The number of nitrogens with zero attached hydrogens (tertiary/aromatic N) is 3. The van der Waals surface area contributed by atoms with Gasteiger partial charge < -0.3 is 14.6 Å². The van der Waals surface area contributed by atoms with E-state index in [9.17, 15) is 4.79 Å². The van der Waals surface area contributed by atoms with Gasteiger partial charge in [0.15, 0.2) is 0 Å². The molecule has 0 fully saturated rings. The first-order valence-corrected chi connectivity index (χ1v) is 8.52. The molecule has 2 aromatic heterocycles. The molecular formula is C19H18N4O3. The summed E-state index contributed by atoms with van der Waals surface area (Å²) in [6, 6.07) is 13.3. The van der Waals surface area contributed by atoms with Gasteiger partial charge in [-0.3, -0.25) is 9.78 Å². The van der Waals surface area contributed by atoms with Crippen molar-refractivity contribution in [3.63, 3.8) is 0 Å². The van der Waals surface area contributed by atoms with Crippen molar-refractivity contribution in [2.45, 2.75) is 12.8 Å². The molecule has 0 aliphatic carbocycles. The number of rotatable bonds is 5. The molecule has 0 radical (unpaired) electrons. The number of hydrogen-bond acceptors (Lipinski definition) is 6. The number of pyridine rings is 1. The molecule has 132 valence electrons. The molecule has 4 rings (SSSR count). The van der Waals surface area contributed by atoms with E-state index < -0.39 is 0 Å². The van der Waals surface area contributed by atoms with Crippen LogP contribution in [0.15, 0.2) is 53.2 Å². The van der Waals surface area contributed by atoms with Crippen molar-refractivity contribution in [2.75, 3.05) is 13.2 Å². The van der Waals surface area contributed by atoms with Crippen LogP contribution in [0, 0.1) is 5.92 Å². The summed E-state index contributed by atoms with van der Waals surface area (Å²) in [6.45, 7) is 0.827. The molecule has 0 bridgehead atoms. The van der Waals surface area contributed by atoms with Crippen LogP contribution in [0.4, 0.5) is 0 Å². The van der Waals surface area contributed by atoms with Crippen LogP contribution in [-0.4, -0.2) is 34.2 Å². The first-order chi connectivity index (χ1) is 12.8. The van der Waals surface area contributed by atoms with E-state index in [4.69, 9.17) is 9.26 Å². The number of ether oxygens (including phenoxy) is 1. The maximum absolute atomic E-state index is 12.4. The number of amides is 1. The highest BCUT2D eigenvalue weighted by Gasteiger charge is 2.25. The summed E-state index contributed by atoms with van der Waals surface area (Å²) >= 11 is 0. The number of aromatic nitrogens is 3. The van der Waals surface area contributed by atoms with E-state index in [1.807, 2.05) is 42.5 Å². The summed E-state index contributed by atoms with van der Waals surface area (Å²) in [5.74, 6) is 1.57. The summed E-state index contributed by atoms with van der Waals surface area (Å²) in [7, 11) is 0. The lowest BCUT2D eigenvalue weighted by Gasteiger charge is -2.24. The Labute approximate surface area is 150 Å². The lowest BCUT2D eigenvalue weighted by molar-refractivity contribution is -0.126. The molecule has 7 nitrogen and oxygen atoms in total. The zero-order chi connectivity index (χ0) is 17.8. The molecule has 26 heavy (non-hydrogen) atoms. The number of para-hydroxylation sites is 1. The summed E-state index contributed by atoms with van der Waals surface area (Å²) in [5.41, 5.74) is 1.72. The lowest BCUT2D eigenvalue weighted by atomic mass is 9.96. The quantitative estimate of drug-likeness (QED) is 0.757. The van der Waals surface area contributed by atoms with Crippen molar-refractivity contribution in [2.24, 2.45) is 5.92 Å². The highest BCUT2D eigenvalue weighted by molar-refractivity contribution is 5.79. The van der Waals surface area contributed by atoms with Crippen molar-refractivity contribution >= 4 is 5.91 Å². The van der Waals surface area contributed by atoms with Crippen LogP contribution in [0.1, 0.15) is 11.5 Å². The highest BCUT2D eigenvalue weighted by Crippen LogP contribution is 2.26. The lowest BCUT2D eigenvalue weighted by Crippen LogP contribution is -2.38. The Hall–Kier alpha value is -3.22. The normalized spacial score (nSPS) is 15.8. The number of hydrogen-bond donors (Lipinski definition) is 1. The predicted octanol–water partition coefficient (Wildman–Crippen LogP) is 2.04. The monoisotopic (exact) mass is 350 g/mol. The zero-order valence-corrected chi connectivity index (χ0v) is 14.1. The van der Waals surface area contributed by atoms with Gasteiger partial charge >= 0.3 is 0 Å². The molecule has 0 saturated carbocycles. The summed E-state index contributed by atoms with van der Waals surface area (Å²) in [6.07, 6.45) is 2.83. The number of nitrogens with one attached hydrogen (secondary N) is 1. The molecule has 0 unspecified atom stereocenters. The minimum Gasteiger partial charge on any atom is -0.492 e. The average molecular weight is 350 g/mol. The fourth-order valence-electron chi connectivity index (χ4n) is 2.89. The standard InChI is InChI=1S/C19H18N4O3/c24-19(14-11-13-5-1-2-7-16(13)25-12-14)21-10-8-17-22-18(23-26-17)15-6-3-4-9-20-15/h1-7,9,14H,8,10-12H2,(H,21,24)/t14-/m1/s1. The number of fused-ring (bicyclic) bond motifs is 1. The van der Waals surface area contributed by atoms with Gasteiger partial charge in [0, 0.05) is 19.2 Å². The predicted molar refractivity (Wildman–Crippen MR) is 93.4 cm³/mol. The average Bonchev–Trinajstić information content (AvgIpc) is 3.17. The van der Waals surface area contributed by atoms with Gasteiger partial charge in [-0.2, -0.15) is 4.98 Å². The van der Waals surface area contributed by atoms with Crippen LogP contribution >= 0.6 is 0 Å². The van der Waals surface area contributed by atoms with Gasteiger partial charge in [0.05, 0.1) is 5.92 Å². The molecular weight excluding hydrogens is 332 g/mol. The summed E-state index contributed by atoms with van der Waals surface area (Å²) < 4.78 is 10.9. The Bertz CT molecular complexity index is 895. The van der Waals surface area contributed by atoms with Crippen LogP contribution in [0.2, 0.25) is 0 Å². The second kappa shape index (κ2) is 7.35. The van der Waals surface area contributed by atoms with E-state index in [2.05, 4.69) is 20.4 Å². The summed E-state index contributed by atoms with van der Waals surface area (Å²) in [5, 5.41) is 6.84. The Balaban J connectivity index is 1.29. The number of carbonyl (C=O) groups excluding carboxylic acids is 1. The van der Waals surface area contributed by atoms with Crippen LogP contribution < -0.4 is 10.1 Å². The number of benzene rings is 1. The maximum atomic E-state index is 12.4. The Morgan fingerprint density at radius 2 is 2.08 bits per heavy atom. The van der Waals surface area contributed by atoms with Gasteiger partial charge in [-0.05, 0) is 30.2 Å². The molecule has 7 heteroatoms. The van der Waals surface area contributed by atoms with Gasteiger partial charge in [0.2, 0.25) is 17.6 Å².